The molecule has 36 heavy (non-hydrogen) atoms. The van der Waals surface area contributed by atoms with Gasteiger partial charge >= 0.3 is 0 Å². The van der Waals surface area contributed by atoms with Gasteiger partial charge in [0.05, 0.1) is 5.56 Å². The molecule has 1 aliphatic rings. The Labute approximate surface area is 217 Å². The molecule has 0 radical (unpaired) electrons. The number of nitrogens with zero attached hydrogens (tertiary/aromatic N) is 2. The fraction of sp³-hybridized carbons (Fsp3) is 0.452. The Kier molecular flexibility index (Phi) is 15.3. The molecule has 0 unspecified atom stereocenters. The predicted molar refractivity (Wildman–Crippen MR) is 150 cm³/mol. The quantitative estimate of drug-likeness (QED) is 0.220. The highest BCUT2D eigenvalue weighted by molar-refractivity contribution is 5.94. The molecule has 1 saturated heterocycles. The Morgan fingerprint density at radius 2 is 1.50 bits per heavy atom. The van der Waals surface area contributed by atoms with Crippen LogP contribution in [0.15, 0.2) is 85.3 Å². The number of pyridine rings is 1. The first-order chi connectivity index (χ1) is 17.7. The number of likely N-dealkylation sites (tertiary alicyclic amines) is 1. The minimum absolute atomic E-state index is 0.0926. The summed E-state index contributed by atoms with van der Waals surface area (Å²) in [5.74, 6) is 0.129. The molecule has 1 N–H and O–H groups in total. The molecule has 1 aromatic rings. The third-order valence-electron chi connectivity index (χ3n) is 6.03. The van der Waals surface area contributed by atoms with Gasteiger partial charge in [-0.15, -0.1) is 0 Å². The lowest BCUT2D eigenvalue weighted by molar-refractivity contribution is -0.132. The SMILES string of the molecule is CC/C=C\CC=CCC=CC/C=C\C/C=C\CCCC(=O)N1CCC(NC(=O)c2cccnc2)CC1. The highest BCUT2D eigenvalue weighted by atomic mass is 16.2. The molecule has 0 atom stereocenters. The summed E-state index contributed by atoms with van der Waals surface area (Å²) in [6, 6.07) is 3.64. The van der Waals surface area contributed by atoms with Crippen LogP contribution in [-0.2, 0) is 4.79 Å². The zero-order valence-electron chi connectivity index (χ0n) is 21.9. The molecule has 0 aromatic carbocycles. The maximum absolute atomic E-state index is 12.5. The minimum atomic E-state index is -0.0926. The number of carbonyl (C=O) groups is 2. The van der Waals surface area contributed by atoms with Crippen LogP contribution in [0.1, 0.15) is 81.5 Å². The Morgan fingerprint density at radius 1 is 0.917 bits per heavy atom. The summed E-state index contributed by atoms with van der Waals surface area (Å²) in [6.45, 7) is 3.56. The summed E-state index contributed by atoms with van der Waals surface area (Å²) < 4.78 is 0. The molecular formula is C31H43N3O2. The van der Waals surface area contributed by atoms with Gasteiger partial charge in [0.25, 0.3) is 5.91 Å². The summed E-state index contributed by atoms with van der Waals surface area (Å²) in [5, 5.41) is 3.06. The van der Waals surface area contributed by atoms with E-state index in [1.165, 1.54) is 0 Å². The number of carbonyl (C=O) groups excluding carboxylic acids is 2. The lowest BCUT2D eigenvalue weighted by Gasteiger charge is -2.32. The standard InChI is InChI=1S/C31H43N3O2/c1-2-3-4-5-6-7-8-9-10-11-12-13-14-15-16-17-18-21-30(35)34-25-22-29(23-26-34)33-31(36)28-20-19-24-32-27-28/h3-4,6-7,9-10,12-13,15-16,19-20,24,27,29H,2,5,8,11,14,17-18,21-23,25-26H2,1H3,(H,33,36)/b4-3-,7-6?,10-9?,13-12-,16-15-. The lowest BCUT2D eigenvalue weighted by atomic mass is 10.0. The zero-order chi connectivity index (χ0) is 25.7. The predicted octanol–water partition coefficient (Wildman–Crippen LogP) is 6.72. The number of hydrogen-bond acceptors (Lipinski definition) is 3. The van der Waals surface area contributed by atoms with Crippen molar-refractivity contribution in [3.63, 3.8) is 0 Å². The van der Waals surface area contributed by atoms with Gasteiger partial charge in [0.1, 0.15) is 0 Å². The van der Waals surface area contributed by atoms with Crippen LogP contribution >= 0.6 is 0 Å². The van der Waals surface area contributed by atoms with Gasteiger partial charge in [-0.2, -0.15) is 0 Å². The number of allylic oxidation sites excluding steroid dienone is 10. The molecule has 5 nitrogen and oxygen atoms in total. The Morgan fingerprint density at radius 3 is 2.06 bits per heavy atom. The highest BCUT2D eigenvalue weighted by Crippen LogP contribution is 2.13. The van der Waals surface area contributed by atoms with E-state index in [0.717, 1.165) is 57.8 Å². The second kappa shape index (κ2) is 19.0. The van der Waals surface area contributed by atoms with Crippen molar-refractivity contribution in [2.75, 3.05) is 13.1 Å². The molecule has 2 rings (SSSR count). The van der Waals surface area contributed by atoms with Crippen LogP contribution in [0.25, 0.3) is 0 Å². The fourth-order valence-electron chi connectivity index (χ4n) is 3.94. The summed E-state index contributed by atoms with van der Waals surface area (Å²) in [6.07, 6.45) is 34.2. The van der Waals surface area contributed by atoms with Crippen molar-refractivity contribution in [3.05, 3.63) is 90.9 Å². The number of hydrogen-bond donors (Lipinski definition) is 1. The molecule has 1 aliphatic heterocycles. The topological polar surface area (TPSA) is 62.3 Å². The van der Waals surface area contributed by atoms with Crippen molar-refractivity contribution in [2.24, 2.45) is 0 Å². The van der Waals surface area contributed by atoms with Gasteiger partial charge in [-0.25, -0.2) is 0 Å². The number of piperidine rings is 1. The number of aromatic nitrogens is 1. The molecule has 0 aliphatic carbocycles. The second-order valence-corrected chi connectivity index (χ2v) is 8.97. The average Bonchev–Trinajstić information content (AvgIpc) is 2.91. The van der Waals surface area contributed by atoms with Crippen molar-refractivity contribution in [2.45, 2.75) is 77.2 Å². The fourth-order valence-corrected chi connectivity index (χ4v) is 3.94. The largest absolute Gasteiger partial charge is 0.349 e. The number of unbranched alkanes of at least 4 members (excludes halogenated alkanes) is 1. The van der Waals surface area contributed by atoms with Gasteiger partial charge < -0.3 is 10.2 Å². The van der Waals surface area contributed by atoms with Crippen LogP contribution in [0.4, 0.5) is 0 Å². The Hall–Kier alpha value is -3.21. The van der Waals surface area contributed by atoms with Crippen molar-refractivity contribution >= 4 is 11.8 Å². The first kappa shape index (κ1) is 29.0. The molecule has 2 amide bonds. The van der Waals surface area contributed by atoms with E-state index in [1.807, 2.05) is 4.90 Å². The van der Waals surface area contributed by atoms with E-state index < -0.39 is 0 Å². The van der Waals surface area contributed by atoms with Gasteiger partial charge in [0.15, 0.2) is 0 Å². The molecule has 0 bridgehead atoms. The molecule has 1 fully saturated rings. The van der Waals surface area contributed by atoms with Crippen LogP contribution < -0.4 is 5.32 Å². The van der Waals surface area contributed by atoms with Crippen molar-refractivity contribution in [1.29, 1.82) is 0 Å². The normalized spacial score (nSPS) is 15.3. The average molecular weight is 490 g/mol. The molecule has 1 aromatic heterocycles. The van der Waals surface area contributed by atoms with E-state index in [9.17, 15) is 9.59 Å². The summed E-state index contributed by atoms with van der Waals surface area (Å²) in [4.78, 5) is 30.7. The van der Waals surface area contributed by atoms with Crippen molar-refractivity contribution in [1.82, 2.24) is 15.2 Å². The minimum Gasteiger partial charge on any atom is -0.349 e. The highest BCUT2D eigenvalue weighted by Gasteiger charge is 2.23. The smallest absolute Gasteiger partial charge is 0.253 e. The van der Waals surface area contributed by atoms with Crippen LogP contribution in [0, 0.1) is 0 Å². The molecule has 0 spiro atoms. The maximum Gasteiger partial charge on any atom is 0.253 e. The maximum atomic E-state index is 12.5. The first-order valence-electron chi connectivity index (χ1n) is 13.4. The Bertz CT molecular complexity index is 892. The molecular weight excluding hydrogens is 446 g/mol. The van der Waals surface area contributed by atoms with E-state index in [4.69, 9.17) is 0 Å². The van der Waals surface area contributed by atoms with E-state index in [2.05, 4.69) is 78.0 Å². The van der Waals surface area contributed by atoms with E-state index in [0.29, 0.717) is 25.1 Å². The monoisotopic (exact) mass is 489 g/mol. The first-order valence-corrected chi connectivity index (χ1v) is 13.4. The van der Waals surface area contributed by atoms with Gasteiger partial charge in [-0.1, -0.05) is 67.7 Å². The number of rotatable bonds is 15. The van der Waals surface area contributed by atoms with Gasteiger partial charge in [0.2, 0.25) is 5.91 Å². The van der Waals surface area contributed by atoms with Crippen LogP contribution in [0.3, 0.4) is 0 Å². The molecule has 5 heteroatoms. The third-order valence-corrected chi connectivity index (χ3v) is 6.03. The van der Waals surface area contributed by atoms with Crippen molar-refractivity contribution in [3.8, 4) is 0 Å². The van der Waals surface area contributed by atoms with Crippen LogP contribution in [0.5, 0.6) is 0 Å². The third kappa shape index (κ3) is 13.0. The molecule has 0 saturated carbocycles. The van der Waals surface area contributed by atoms with Crippen LogP contribution in [-0.4, -0.2) is 40.8 Å². The van der Waals surface area contributed by atoms with E-state index in [1.54, 1.807) is 24.5 Å². The van der Waals surface area contributed by atoms with Gasteiger partial charge in [-0.05, 0) is 69.9 Å². The van der Waals surface area contributed by atoms with Gasteiger partial charge in [-0.3, -0.25) is 14.6 Å². The Balaban J connectivity index is 1.47. The van der Waals surface area contributed by atoms with Crippen LogP contribution in [0.2, 0.25) is 0 Å². The lowest BCUT2D eigenvalue weighted by Crippen LogP contribution is -2.46. The second-order valence-electron chi connectivity index (χ2n) is 8.97. The zero-order valence-corrected chi connectivity index (χ0v) is 21.9. The molecule has 2 heterocycles. The summed E-state index contributed by atoms with van der Waals surface area (Å²) in [7, 11) is 0. The van der Waals surface area contributed by atoms with Crippen molar-refractivity contribution < 1.29 is 9.59 Å². The van der Waals surface area contributed by atoms with E-state index in [-0.39, 0.29) is 17.9 Å². The van der Waals surface area contributed by atoms with Gasteiger partial charge in [0, 0.05) is 37.9 Å². The number of amides is 2. The van der Waals surface area contributed by atoms with E-state index >= 15 is 0 Å². The summed E-state index contributed by atoms with van der Waals surface area (Å²) >= 11 is 0. The molecule has 194 valence electrons. The number of nitrogens with one attached hydrogen (secondary N) is 1. The summed E-state index contributed by atoms with van der Waals surface area (Å²) in [5.41, 5.74) is 0.575.